The van der Waals surface area contributed by atoms with Gasteiger partial charge in [-0.2, -0.15) is 5.26 Å². The molecule has 1 aliphatic carbocycles. The van der Waals surface area contributed by atoms with E-state index in [1.54, 1.807) is 18.3 Å². The van der Waals surface area contributed by atoms with Gasteiger partial charge in [-0.3, -0.25) is 14.8 Å². The first-order chi connectivity index (χ1) is 13.7. The lowest BCUT2D eigenvalue weighted by molar-refractivity contribution is 0.0509. The molecule has 0 unspecified atom stereocenters. The van der Waals surface area contributed by atoms with E-state index in [4.69, 9.17) is 14.7 Å². The van der Waals surface area contributed by atoms with E-state index >= 15 is 0 Å². The van der Waals surface area contributed by atoms with E-state index in [1.807, 2.05) is 26.8 Å². The van der Waals surface area contributed by atoms with E-state index in [2.05, 4.69) is 15.3 Å². The third kappa shape index (κ3) is 5.19. The summed E-state index contributed by atoms with van der Waals surface area (Å²) >= 11 is 0. The molecule has 8 heteroatoms. The maximum atomic E-state index is 12.5. The zero-order valence-electron chi connectivity index (χ0n) is 16.8. The maximum absolute atomic E-state index is 12.5. The summed E-state index contributed by atoms with van der Waals surface area (Å²) in [6, 6.07) is 5.36. The molecule has 1 N–H and O–H groups in total. The number of fused-ring (bicyclic) bond motifs is 1. The van der Waals surface area contributed by atoms with Crippen molar-refractivity contribution >= 4 is 22.9 Å². The zero-order valence-corrected chi connectivity index (χ0v) is 16.8. The number of aromatic nitrogens is 2. The van der Waals surface area contributed by atoms with E-state index in [1.165, 1.54) is 6.20 Å². The topological polar surface area (TPSA) is 114 Å². The first-order valence-electron chi connectivity index (χ1n) is 9.47. The van der Waals surface area contributed by atoms with Gasteiger partial charge in [0.25, 0.3) is 0 Å². The predicted molar refractivity (Wildman–Crippen MR) is 105 cm³/mol. The van der Waals surface area contributed by atoms with Crippen molar-refractivity contribution in [3.63, 3.8) is 0 Å². The molecular weight excluding hydrogens is 372 g/mol. The molecule has 1 fully saturated rings. The number of ketones is 1. The highest BCUT2D eigenvalue weighted by atomic mass is 16.6. The number of nitrogens with zero attached hydrogens (tertiary/aromatic N) is 3. The summed E-state index contributed by atoms with van der Waals surface area (Å²) in [6.45, 7) is 6.16. The fourth-order valence-electron chi connectivity index (χ4n) is 2.90. The van der Waals surface area contributed by atoms with Crippen molar-refractivity contribution in [2.45, 2.75) is 45.6 Å². The number of Topliss-reactive ketones (excluding diaryl/α,β-unsaturated/α-hetero) is 1. The molecule has 2 aromatic rings. The molecule has 0 spiro atoms. The van der Waals surface area contributed by atoms with Gasteiger partial charge in [-0.25, -0.2) is 4.79 Å². The van der Waals surface area contributed by atoms with Crippen LogP contribution in [0.15, 0.2) is 24.5 Å². The van der Waals surface area contributed by atoms with Gasteiger partial charge in [-0.1, -0.05) is 0 Å². The Kier molecular flexibility index (Phi) is 5.69. The van der Waals surface area contributed by atoms with E-state index < -0.39 is 11.7 Å². The number of nitrogens with one attached hydrogen (secondary N) is 1. The van der Waals surface area contributed by atoms with Crippen molar-refractivity contribution in [3.8, 4) is 11.8 Å². The van der Waals surface area contributed by atoms with Gasteiger partial charge in [0.15, 0.2) is 11.5 Å². The number of nitriles is 1. The van der Waals surface area contributed by atoms with Gasteiger partial charge in [0.1, 0.15) is 11.1 Å². The van der Waals surface area contributed by atoms with Crippen molar-refractivity contribution in [3.05, 3.63) is 30.1 Å². The molecule has 1 aliphatic rings. The Balaban J connectivity index is 1.72. The average molecular weight is 396 g/mol. The number of carbonyl (C=O) groups is 2. The molecule has 0 bridgehead atoms. The molecule has 0 saturated heterocycles. The van der Waals surface area contributed by atoms with Crippen LogP contribution in [0.5, 0.6) is 5.75 Å². The Morgan fingerprint density at radius 3 is 2.72 bits per heavy atom. The van der Waals surface area contributed by atoms with Crippen LogP contribution in [0.4, 0.5) is 4.79 Å². The normalized spacial score (nSPS) is 14.7. The fraction of sp³-hybridized carbons (Fsp3) is 0.476. The van der Waals surface area contributed by atoms with Crippen molar-refractivity contribution in [2.75, 3.05) is 13.2 Å². The quantitative estimate of drug-likeness (QED) is 0.713. The van der Waals surface area contributed by atoms with Crippen LogP contribution in [0, 0.1) is 16.7 Å². The van der Waals surface area contributed by atoms with Gasteiger partial charge in [0.05, 0.1) is 36.4 Å². The highest BCUT2D eigenvalue weighted by Gasteiger charge is 2.44. The van der Waals surface area contributed by atoms with Crippen molar-refractivity contribution in [1.29, 1.82) is 5.26 Å². The van der Waals surface area contributed by atoms with Crippen LogP contribution in [-0.2, 0) is 4.74 Å². The Labute approximate surface area is 169 Å². The van der Waals surface area contributed by atoms with Crippen molar-refractivity contribution in [2.24, 2.45) is 5.41 Å². The van der Waals surface area contributed by atoms with Gasteiger partial charge < -0.3 is 14.8 Å². The number of amides is 1. The van der Waals surface area contributed by atoms with Gasteiger partial charge >= 0.3 is 6.09 Å². The van der Waals surface area contributed by atoms with Crippen LogP contribution in [0.3, 0.4) is 0 Å². The molecule has 1 saturated carbocycles. The molecule has 2 heterocycles. The number of ether oxygens (including phenoxy) is 2. The smallest absolute Gasteiger partial charge is 0.407 e. The second kappa shape index (κ2) is 8.03. The second-order valence-corrected chi connectivity index (χ2v) is 8.27. The number of rotatable bonds is 7. The Hall–Kier alpha value is -3.21. The molecule has 1 amide bonds. The monoisotopic (exact) mass is 396 g/mol. The lowest BCUT2D eigenvalue weighted by Gasteiger charge is -2.22. The summed E-state index contributed by atoms with van der Waals surface area (Å²) in [4.78, 5) is 33.0. The number of hydrogen-bond acceptors (Lipinski definition) is 7. The number of pyridine rings is 2. The molecule has 2 aromatic heterocycles. The Morgan fingerprint density at radius 2 is 2.07 bits per heavy atom. The van der Waals surface area contributed by atoms with Crippen LogP contribution in [0.2, 0.25) is 0 Å². The number of alkyl carbamates (subject to hydrolysis) is 1. The second-order valence-electron chi connectivity index (χ2n) is 8.27. The van der Waals surface area contributed by atoms with Gasteiger partial charge in [0, 0.05) is 18.2 Å². The highest BCUT2D eigenvalue weighted by molar-refractivity contribution is 6.08. The molecule has 0 aliphatic heterocycles. The maximum Gasteiger partial charge on any atom is 0.407 e. The number of hydrogen-bond donors (Lipinski definition) is 1. The van der Waals surface area contributed by atoms with Crippen LogP contribution in [0.25, 0.3) is 11.0 Å². The number of carbonyl (C=O) groups excluding carboxylic acids is 2. The van der Waals surface area contributed by atoms with Gasteiger partial charge in [-0.05, 0) is 45.7 Å². The minimum atomic E-state index is -0.558. The van der Waals surface area contributed by atoms with E-state index in [9.17, 15) is 9.59 Å². The summed E-state index contributed by atoms with van der Waals surface area (Å²) in [5.74, 6) is -0.0506. The molecule has 152 valence electrons. The van der Waals surface area contributed by atoms with Crippen LogP contribution >= 0.6 is 0 Å². The summed E-state index contributed by atoms with van der Waals surface area (Å²) in [7, 11) is 0. The minimum Gasteiger partial charge on any atom is -0.490 e. The molecule has 8 nitrogen and oxygen atoms in total. The standard InChI is InChI=1S/C21H24N4O4/c1-20(2,3)29-19(27)25-12-21(7-8-21)13-28-16-11-24-14-5-4-10-23-18(14)17(16)15(26)6-9-22/h4-5,10-11H,6-8,12-13H2,1-3H3,(H,25,27). The summed E-state index contributed by atoms with van der Waals surface area (Å²) in [6.07, 6.45) is 4.12. The van der Waals surface area contributed by atoms with Crippen molar-refractivity contribution < 1.29 is 19.1 Å². The molecule has 29 heavy (non-hydrogen) atoms. The molecular formula is C21H24N4O4. The van der Waals surface area contributed by atoms with E-state index in [-0.39, 0.29) is 23.2 Å². The third-order valence-corrected chi connectivity index (χ3v) is 4.61. The third-order valence-electron chi connectivity index (χ3n) is 4.61. The Morgan fingerprint density at radius 1 is 1.31 bits per heavy atom. The van der Waals surface area contributed by atoms with Crippen molar-refractivity contribution in [1.82, 2.24) is 15.3 Å². The summed E-state index contributed by atoms with van der Waals surface area (Å²) < 4.78 is 11.2. The molecule has 0 aromatic carbocycles. The molecule has 3 rings (SSSR count). The summed E-state index contributed by atoms with van der Waals surface area (Å²) in [5, 5.41) is 11.7. The molecule has 0 radical (unpaired) electrons. The highest BCUT2D eigenvalue weighted by Crippen LogP contribution is 2.45. The molecule has 0 atom stereocenters. The van der Waals surface area contributed by atoms with E-state index in [0.717, 1.165) is 12.8 Å². The zero-order chi connectivity index (χ0) is 21.1. The predicted octanol–water partition coefficient (Wildman–Crippen LogP) is 3.41. The average Bonchev–Trinajstić information content (AvgIpc) is 3.43. The summed E-state index contributed by atoms with van der Waals surface area (Å²) in [5.41, 5.74) is 0.492. The fourth-order valence-corrected chi connectivity index (χ4v) is 2.90. The van der Waals surface area contributed by atoms with Crippen LogP contribution in [-0.4, -0.2) is 40.6 Å². The first-order valence-corrected chi connectivity index (χ1v) is 9.47. The lowest BCUT2D eigenvalue weighted by atomic mass is 10.1. The van der Waals surface area contributed by atoms with Gasteiger partial charge in [0.2, 0.25) is 0 Å². The van der Waals surface area contributed by atoms with Crippen LogP contribution in [0.1, 0.15) is 50.4 Å². The van der Waals surface area contributed by atoms with E-state index in [0.29, 0.717) is 29.9 Å². The lowest BCUT2D eigenvalue weighted by Crippen LogP contribution is -2.37. The Bertz CT molecular complexity index is 971. The SMILES string of the molecule is CC(C)(C)OC(=O)NCC1(COc2cnc3cccnc3c2C(=O)CC#N)CC1. The van der Waals surface area contributed by atoms with Crippen LogP contribution < -0.4 is 10.1 Å². The minimum absolute atomic E-state index is 0.203. The largest absolute Gasteiger partial charge is 0.490 e. The van der Waals surface area contributed by atoms with Gasteiger partial charge in [-0.15, -0.1) is 0 Å². The first kappa shape index (κ1) is 20.5.